The molecule has 1 heterocycles. The van der Waals surface area contributed by atoms with Gasteiger partial charge in [0.05, 0.1) is 18.7 Å². The summed E-state index contributed by atoms with van der Waals surface area (Å²) in [5.41, 5.74) is 1.62. The highest BCUT2D eigenvalue weighted by atomic mass is 16.5. The molecule has 1 atom stereocenters. The third kappa shape index (κ3) is 3.17. The maximum absolute atomic E-state index is 11.7. The Labute approximate surface area is 120 Å². The molecule has 2 rings (SSSR count). The number of hydrogen-bond acceptors (Lipinski definition) is 4. The van der Waals surface area contributed by atoms with Gasteiger partial charge in [0.15, 0.2) is 0 Å². The SMILES string of the molecule is COc1cc(CN2CCCCC2C(C)=O)ccc1C#N. The number of ketones is 1. The second-order valence-corrected chi connectivity index (χ2v) is 5.24. The number of hydrogen-bond donors (Lipinski definition) is 0. The van der Waals surface area contributed by atoms with E-state index in [2.05, 4.69) is 11.0 Å². The molecular weight excluding hydrogens is 252 g/mol. The normalized spacial score (nSPS) is 19.4. The van der Waals surface area contributed by atoms with Crippen LogP contribution in [-0.4, -0.2) is 30.4 Å². The van der Waals surface area contributed by atoms with E-state index in [1.54, 1.807) is 20.1 Å². The van der Waals surface area contributed by atoms with Crippen LogP contribution in [0.2, 0.25) is 0 Å². The lowest BCUT2D eigenvalue weighted by Crippen LogP contribution is -2.43. The predicted molar refractivity (Wildman–Crippen MR) is 76.4 cm³/mol. The largest absolute Gasteiger partial charge is 0.495 e. The summed E-state index contributed by atoms with van der Waals surface area (Å²) in [5, 5.41) is 8.99. The summed E-state index contributed by atoms with van der Waals surface area (Å²) in [6.07, 6.45) is 3.21. The van der Waals surface area contributed by atoms with E-state index in [0.29, 0.717) is 11.3 Å². The summed E-state index contributed by atoms with van der Waals surface area (Å²) < 4.78 is 5.23. The molecule has 0 N–H and O–H groups in total. The summed E-state index contributed by atoms with van der Waals surface area (Å²) in [7, 11) is 1.57. The van der Waals surface area contributed by atoms with Crippen LogP contribution in [0.5, 0.6) is 5.75 Å². The maximum atomic E-state index is 11.7. The molecule has 0 amide bonds. The molecule has 1 aliphatic rings. The number of rotatable bonds is 4. The fraction of sp³-hybridized carbons (Fsp3) is 0.500. The van der Waals surface area contributed by atoms with E-state index in [1.165, 1.54) is 0 Å². The monoisotopic (exact) mass is 272 g/mol. The number of carbonyl (C=O) groups is 1. The van der Waals surface area contributed by atoms with Crippen molar-refractivity contribution >= 4 is 5.78 Å². The molecule has 4 heteroatoms. The van der Waals surface area contributed by atoms with Gasteiger partial charge in [0.2, 0.25) is 0 Å². The van der Waals surface area contributed by atoms with Crippen molar-refractivity contribution in [2.75, 3.05) is 13.7 Å². The van der Waals surface area contributed by atoms with Crippen LogP contribution in [0.3, 0.4) is 0 Å². The summed E-state index contributed by atoms with van der Waals surface area (Å²) >= 11 is 0. The Morgan fingerprint density at radius 3 is 2.95 bits per heavy atom. The Kier molecular flexibility index (Phi) is 4.75. The molecule has 106 valence electrons. The van der Waals surface area contributed by atoms with Gasteiger partial charge >= 0.3 is 0 Å². The summed E-state index contributed by atoms with van der Waals surface area (Å²) in [6, 6.07) is 7.75. The first kappa shape index (κ1) is 14.5. The van der Waals surface area contributed by atoms with Crippen molar-refractivity contribution in [2.45, 2.75) is 38.8 Å². The quantitative estimate of drug-likeness (QED) is 0.845. The van der Waals surface area contributed by atoms with Gasteiger partial charge in [-0.25, -0.2) is 0 Å². The fourth-order valence-corrected chi connectivity index (χ4v) is 2.80. The number of methoxy groups -OCH3 is 1. The molecule has 1 aliphatic heterocycles. The number of likely N-dealkylation sites (tertiary alicyclic amines) is 1. The minimum atomic E-state index is 0.0328. The zero-order valence-corrected chi connectivity index (χ0v) is 12.1. The first-order valence-corrected chi connectivity index (χ1v) is 6.97. The highest BCUT2D eigenvalue weighted by Crippen LogP contribution is 2.24. The van der Waals surface area contributed by atoms with Crippen molar-refractivity contribution in [3.8, 4) is 11.8 Å². The van der Waals surface area contributed by atoms with E-state index in [9.17, 15) is 4.79 Å². The van der Waals surface area contributed by atoms with Crippen LogP contribution in [0.15, 0.2) is 18.2 Å². The molecule has 1 fully saturated rings. The Bertz CT molecular complexity index is 534. The molecule has 1 saturated heterocycles. The van der Waals surface area contributed by atoms with Crippen LogP contribution in [-0.2, 0) is 11.3 Å². The first-order chi connectivity index (χ1) is 9.65. The molecule has 20 heavy (non-hydrogen) atoms. The summed E-state index contributed by atoms with van der Waals surface area (Å²) in [6.45, 7) is 3.35. The van der Waals surface area contributed by atoms with Gasteiger partial charge in [0, 0.05) is 6.54 Å². The summed E-state index contributed by atoms with van der Waals surface area (Å²) in [4.78, 5) is 13.9. The Balaban J connectivity index is 2.16. The lowest BCUT2D eigenvalue weighted by atomic mass is 9.98. The molecule has 0 saturated carbocycles. The van der Waals surface area contributed by atoms with E-state index in [-0.39, 0.29) is 11.8 Å². The highest BCUT2D eigenvalue weighted by molar-refractivity contribution is 5.81. The predicted octanol–water partition coefficient (Wildman–Crippen LogP) is 2.51. The number of benzene rings is 1. The second-order valence-electron chi connectivity index (χ2n) is 5.24. The van der Waals surface area contributed by atoms with Gasteiger partial charge < -0.3 is 4.74 Å². The minimum Gasteiger partial charge on any atom is -0.495 e. The van der Waals surface area contributed by atoms with Crippen LogP contribution in [0.4, 0.5) is 0 Å². The number of piperidine rings is 1. The van der Waals surface area contributed by atoms with Crippen molar-refractivity contribution in [1.82, 2.24) is 4.90 Å². The van der Waals surface area contributed by atoms with Crippen molar-refractivity contribution in [3.63, 3.8) is 0 Å². The second kappa shape index (κ2) is 6.53. The van der Waals surface area contributed by atoms with E-state index in [0.717, 1.165) is 37.9 Å². The standard InChI is InChI=1S/C16H20N2O2/c1-12(19)15-5-3-4-8-18(15)11-13-6-7-14(10-17)16(9-13)20-2/h6-7,9,15H,3-5,8,11H2,1-2H3. The molecule has 4 nitrogen and oxygen atoms in total. The van der Waals surface area contributed by atoms with Gasteiger partial charge in [-0.2, -0.15) is 5.26 Å². The lowest BCUT2D eigenvalue weighted by Gasteiger charge is -2.34. The fourth-order valence-electron chi connectivity index (χ4n) is 2.80. The third-order valence-electron chi connectivity index (χ3n) is 3.85. The highest BCUT2D eigenvalue weighted by Gasteiger charge is 2.25. The van der Waals surface area contributed by atoms with Crippen molar-refractivity contribution < 1.29 is 9.53 Å². The number of Topliss-reactive ketones (excluding diaryl/α,β-unsaturated/α-hetero) is 1. The zero-order chi connectivity index (χ0) is 14.5. The van der Waals surface area contributed by atoms with Crippen LogP contribution < -0.4 is 4.74 Å². The molecule has 1 aromatic carbocycles. The molecular formula is C16H20N2O2. The minimum absolute atomic E-state index is 0.0328. The smallest absolute Gasteiger partial charge is 0.146 e. The van der Waals surface area contributed by atoms with Crippen LogP contribution in [0, 0.1) is 11.3 Å². The average molecular weight is 272 g/mol. The molecule has 1 aromatic rings. The van der Waals surface area contributed by atoms with E-state index < -0.39 is 0 Å². The molecule has 0 aliphatic carbocycles. The van der Waals surface area contributed by atoms with E-state index in [1.807, 2.05) is 12.1 Å². The Hall–Kier alpha value is -1.86. The van der Waals surface area contributed by atoms with Gasteiger partial charge in [-0.3, -0.25) is 9.69 Å². The molecule has 0 radical (unpaired) electrons. The third-order valence-corrected chi connectivity index (χ3v) is 3.85. The van der Waals surface area contributed by atoms with Gasteiger partial charge in [0.1, 0.15) is 17.6 Å². The van der Waals surface area contributed by atoms with Gasteiger partial charge in [0.25, 0.3) is 0 Å². The van der Waals surface area contributed by atoms with Gasteiger partial charge in [-0.15, -0.1) is 0 Å². The molecule has 0 spiro atoms. The first-order valence-electron chi connectivity index (χ1n) is 6.97. The Morgan fingerprint density at radius 2 is 2.30 bits per heavy atom. The average Bonchev–Trinajstić information content (AvgIpc) is 2.47. The number of nitrogens with zero attached hydrogens (tertiary/aromatic N) is 2. The lowest BCUT2D eigenvalue weighted by molar-refractivity contribution is -0.123. The van der Waals surface area contributed by atoms with E-state index >= 15 is 0 Å². The topological polar surface area (TPSA) is 53.3 Å². The number of nitriles is 1. The molecule has 0 bridgehead atoms. The van der Waals surface area contributed by atoms with Crippen LogP contribution in [0.1, 0.15) is 37.3 Å². The molecule has 1 unspecified atom stereocenters. The molecule has 0 aromatic heterocycles. The van der Waals surface area contributed by atoms with E-state index in [4.69, 9.17) is 10.00 Å². The van der Waals surface area contributed by atoms with Crippen molar-refractivity contribution in [3.05, 3.63) is 29.3 Å². The number of ether oxygens (including phenoxy) is 1. The van der Waals surface area contributed by atoms with Crippen LogP contribution >= 0.6 is 0 Å². The maximum Gasteiger partial charge on any atom is 0.146 e. The number of carbonyl (C=O) groups excluding carboxylic acids is 1. The Morgan fingerprint density at radius 1 is 1.50 bits per heavy atom. The zero-order valence-electron chi connectivity index (χ0n) is 12.1. The van der Waals surface area contributed by atoms with Gasteiger partial charge in [-0.1, -0.05) is 12.5 Å². The van der Waals surface area contributed by atoms with Crippen molar-refractivity contribution in [2.24, 2.45) is 0 Å². The van der Waals surface area contributed by atoms with Gasteiger partial charge in [-0.05, 0) is 44.0 Å². The van der Waals surface area contributed by atoms with Crippen molar-refractivity contribution in [1.29, 1.82) is 5.26 Å². The summed E-state index contributed by atoms with van der Waals surface area (Å²) in [5.74, 6) is 0.840. The van der Waals surface area contributed by atoms with Crippen LogP contribution in [0.25, 0.3) is 0 Å².